The Hall–Kier alpha value is -8.88. The Morgan fingerprint density at radius 3 is 0.800 bits per heavy atom. The minimum absolute atomic E-state index is 0.00179. The summed E-state index contributed by atoms with van der Waals surface area (Å²) >= 11 is 0. The van der Waals surface area contributed by atoms with E-state index in [4.69, 9.17) is 9.98 Å². The van der Waals surface area contributed by atoms with Crippen LogP contribution in [0.2, 0.25) is 0 Å². The molecule has 2 aromatic heterocycles. The highest BCUT2D eigenvalue weighted by molar-refractivity contribution is 7.86. The summed E-state index contributed by atoms with van der Waals surface area (Å²) < 4.78 is 141. The normalized spacial score (nSPS) is 14.6. The summed E-state index contributed by atoms with van der Waals surface area (Å²) in [5, 5.41) is 22.8. The highest BCUT2D eigenvalue weighted by atomic mass is 32.2. The van der Waals surface area contributed by atoms with Crippen molar-refractivity contribution in [2.45, 2.75) is 124 Å². The third kappa shape index (κ3) is 16.7. The maximum atomic E-state index is 13.1. The van der Waals surface area contributed by atoms with Crippen molar-refractivity contribution >= 4 is 86.7 Å². The zero-order chi connectivity index (χ0) is 66.5. The molecular weight excluding hydrogens is 1240 g/mol. The number of aromatic nitrogens is 6. The first-order valence-corrected chi connectivity index (χ1v) is 33.1. The van der Waals surface area contributed by atoms with Crippen LogP contribution in [-0.4, -0.2) is 92.0 Å². The van der Waals surface area contributed by atoms with Crippen LogP contribution in [0.15, 0.2) is 159 Å². The summed E-state index contributed by atoms with van der Waals surface area (Å²) in [6, 6.07) is 24.2. The van der Waals surface area contributed by atoms with E-state index in [0.29, 0.717) is 33.6 Å². The summed E-state index contributed by atoms with van der Waals surface area (Å²) in [4.78, 5) is 43.0. The number of phenols is 2. The molecule has 0 aliphatic heterocycles. The van der Waals surface area contributed by atoms with Crippen molar-refractivity contribution in [1.29, 1.82) is 0 Å². The van der Waals surface area contributed by atoms with Crippen molar-refractivity contribution in [3.8, 4) is 11.5 Å². The van der Waals surface area contributed by atoms with Gasteiger partial charge in [0.25, 0.3) is 40.5 Å². The number of hydrogen-bond donors (Lipinski definition) is 12. The Bertz CT molecular complexity index is 4770. The number of rotatable bonds is 12. The summed E-state index contributed by atoms with van der Waals surface area (Å²) in [5.41, 5.74) is 0.223. The molecule has 0 saturated carbocycles. The van der Waals surface area contributed by atoms with Crippen molar-refractivity contribution in [3.05, 3.63) is 176 Å². The van der Waals surface area contributed by atoms with Gasteiger partial charge in [-0.1, -0.05) is 120 Å². The second-order valence-electron chi connectivity index (χ2n) is 25.0. The molecule has 0 unspecified atom stereocenters. The summed E-state index contributed by atoms with van der Waals surface area (Å²) in [6.07, 6.45) is 2.33. The van der Waals surface area contributed by atoms with Crippen LogP contribution in [0.1, 0.15) is 116 Å². The predicted octanol–water partition coefficient (Wildman–Crippen LogP) is 8.81. The molecule has 0 radical (unpaired) electrons. The van der Waals surface area contributed by atoms with Crippen LogP contribution in [0.3, 0.4) is 0 Å². The molecule has 0 aliphatic rings. The van der Waals surface area contributed by atoms with Crippen LogP contribution < -0.4 is 33.7 Å². The Morgan fingerprint density at radius 1 is 0.322 bits per heavy atom. The molecule has 0 spiro atoms. The van der Waals surface area contributed by atoms with Crippen LogP contribution in [0.4, 0.5) is 34.1 Å². The first-order valence-electron chi connectivity index (χ1n) is 27.3. The largest absolute Gasteiger partial charge is 0.507 e. The number of benzene rings is 6. The van der Waals surface area contributed by atoms with Gasteiger partial charge in [-0.15, -0.1) is 0 Å². The third-order valence-corrected chi connectivity index (χ3v) is 17.0. The fraction of sp³-hybridized carbons (Fsp3) is 0.267. The molecule has 0 saturated heterocycles. The van der Waals surface area contributed by atoms with Crippen molar-refractivity contribution in [2.75, 3.05) is 0 Å². The summed E-state index contributed by atoms with van der Waals surface area (Å²) in [5.74, 6) is 0.200. The minimum atomic E-state index is -5.08. The summed E-state index contributed by atoms with van der Waals surface area (Å²) in [7, 11) is -19.4. The Morgan fingerprint density at radius 2 is 0.567 bits per heavy atom. The van der Waals surface area contributed by atoms with Crippen molar-refractivity contribution in [3.63, 3.8) is 0 Å². The number of nitrogens with zero attached hydrogens (tertiary/aromatic N) is 6. The maximum absolute atomic E-state index is 13.1. The number of aromatic hydroxyl groups is 2. The van der Waals surface area contributed by atoms with Gasteiger partial charge in [0, 0.05) is 22.3 Å². The van der Waals surface area contributed by atoms with Crippen LogP contribution >= 0.6 is 0 Å². The fourth-order valence-electron chi connectivity index (χ4n) is 9.14. The van der Waals surface area contributed by atoms with Crippen LogP contribution in [0, 0.1) is 0 Å². The predicted molar refractivity (Wildman–Crippen MR) is 335 cm³/mol. The van der Waals surface area contributed by atoms with Crippen LogP contribution in [0.5, 0.6) is 11.5 Å². The quantitative estimate of drug-likeness (QED) is 0.0402. The van der Waals surface area contributed by atoms with E-state index in [1.165, 1.54) is 60.7 Å². The van der Waals surface area contributed by atoms with Gasteiger partial charge in [-0.05, 0) is 118 Å². The number of nitrogens with one attached hydrogen (secondary N) is 6. The Balaban J connectivity index is 1.25. The van der Waals surface area contributed by atoms with Crippen molar-refractivity contribution < 1.29 is 62.1 Å². The third-order valence-electron chi connectivity index (χ3n) is 13.5. The van der Waals surface area contributed by atoms with Crippen molar-refractivity contribution in [1.82, 2.24) is 29.9 Å². The van der Waals surface area contributed by atoms with Crippen LogP contribution in [0.25, 0.3) is 12.2 Å². The molecule has 0 bridgehead atoms. The second-order valence-corrected chi connectivity index (χ2v) is 30.6. The van der Waals surface area contributed by atoms with Gasteiger partial charge in [-0.2, -0.15) is 33.7 Å². The molecule has 0 amide bonds. The van der Waals surface area contributed by atoms with E-state index in [1.807, 2.05) is 83.1 Å². The first-order chi connectivity index (χ1) is 41.4. The fourth-order valence-corrected chi connectivity index (χ4v) is 11.6. The lowest BCUT2D eigenvalue weighted by atomic mass is 9.79. The SMILES string of the molecule is CC(C)(C)c1cc(N=c2[nH]c(=Nc3cccc(S(=O)(=O)O)c3)[nH]c(=Nc3ccc(/C=C/c4ccc(N=c5[nH]c(=Nc6cccc(S(=O)(=O)O)c6)[nH]c(=Nc6cc(C(C)(C)C)c(O)c(C(C)(C)C)c6)[nH]5)cc4S(=O)(=O)O)c(S(=O)(=O)O)c3)[nH]2)cc(C(C)(C)C)c1O. The van der Waals surface area contributed by atoms with E-state index >= 15 is 0 Å². The standard InChI is InChI=1S/C60H68N12O14S4/c1-57(2,3)43-27-39(28-44(49(43)73)58(4,5)6)65-55-69-51(61-35-15-13-17-41(25-35)87(75,76)77)67-53(71-55)63-37-23-21-33(47(31-37)89(81,82)83)19-20-34-22-24-38(32-48(34)90(84,85)86)64-54-68-52(62-36-16-14-18-42(26-36)88(78,79)80)70-56(72-54)66-40-29-45(59(7,8)9)50(74)46(30-40)60(10,11)12/h13-32,73-74H,1-12H3,(H,75,76,77)(H,78,79,80)(H,81,82,83)(H,84,85,86)(H3,61,63,65,67,69,71)(H3,62,64,66,68,70,72)/b20-19+. The lowest BCUT2D eigenvalue weighted by Gasteiger charge is -2.27. The number of hydrogen-bond acceptors (Lipinski definition) is 16. The van der Waals surface area contributed by atoms with Gasteiger partial charge in [-0.25, -0.2) is 30.0 Å². The molecule has 2 heterocycles. The van der Waals surface area contributed by atoms with Gasteiger partial charge < -0.3 is 10.2 Å². The van der Waals surface area contributed by atoms with E-state index in [2.05, 4.69) is 49.9 Å². The second kappa shape index (κ2) is 24.5. The average molecular weight is 1310 g/mol. The summed E-state index contributed by atoms with van der Waals surface area (Å²) in [6.45, 7) is 23.1. The molecule has 8 rings (SSSR count). The van der Waals surface area contributed by atoms with Gasteiger partial charge in [0.1, 0.15) is 21.3 Å². The van der Waals surface area contributed by atoms with Crippen molar-refractivity contribution in [2.24, 2.45) is 30.0 Å². The molecule has 8 aromatic rings. The molecule has 90 heavy (non-hydrogen) atoms. The van der Waals surface area contributed by atoms with Gasteiger partial charge in [0.05, 0.1) is 43.9 Å². The number of aromatic amines is 6. The van der Waals surface area contributed by atoms with E-state index in [0.717, 1.165) is 36.4 Å². The molecular formula is C60H68N12O14S4. The van der Waals surface area contributed by atoms with E-state index in [9.17, 15) is 62.1 Å². The van der Waals surface area contributed by atoms with E-state index < -0.39 is 81.7 Å². The highest BCUT2D eigenvalue weighted by Gasteiger charge is 2.29. The lowest BCUT2D eigenvalue weighted by molar-refractivity contribution is 0.422. The van der Waals surface area contributed by atoms with Gasteiger partial charge in [-0.3, -0.25) is 48.1 Å². The zero-order valence-corrected chi connectivity index (χ0v) is 54.1. The van der Waals surface area contributed by atoms with Gasteiger partial charge in [0.15, 0.2) is 0 Å². The monoisotopic (exact) mass is 1310 g/mol. The van der Waals surface area contributed by atoms with Gasteiger partial charge >= 0.3 is 0 Å². The average Bonchev–Trinajstić information content (AvgIpc) is 0.868. The molecule has 12 N–H and O–H groups in total. The lowest BCUT2D eigenvalue weighted by Crippen LogP contribution is -2.36. The Kier molecular flexibility index (Phi) is 18.2. The Labute approximate surface area is 518 Å². The van der Waals surface area contributed by atoms with Crippen LogP contribution in [-0.2, 0) is 62.1 Å². The molecule has 0 atom stereocenters. The van der Waals surface area contributed by atoms with E-state index in [1.54, 1.807) is 24.3 Å². The smallest absolute Gasteiger partial charge is 0.295 e. The molecule has 30 heteroatoms. The van der Waals surface area contributed by atoms with Gasteiger partial charge in [0.2, 0.25) is 33.7 Å². The first kappa shape index (κ1) is 67.1. The highest BCUT2D eigenvalue weighted by Crippen LogP contribution is 2.43. The molecule has 0 fully saturated rings. The topological polar surface area (TPSA) is 427 Å². The number of phenolic OH excluding ortho intramolecular Hbond substituents is 2. The molecule has 26 nitrogen and oxygen atoms in total. The molecule has 6 aromatic carbocycles. The molecule has 476 valence electrons. The zero-order valence-electron chi connectivity index (χ0n) is 50.8. The molecule has 0 aliphatic carbocycles. The van der Waals surface area contributed by atoms with E-state index in [-0.39, 0.29) is 79.1 Å². The number of H-pyrrole nitrogens is 6. The minimum Gasteiger partial charge on any atom is -0.507 e. The maximum Gasteiger partial charge on any atom is 0.295 e.